The van der Waals surface area contributed by atoms with E-state index in [4.69, 9.17) is 15.6 Å². The minimum atomic E-state index is -1.82. The molecule has 0 bridgehead atoms. The fraction of sp³-hybridized carbons (Fsp3) is 0.600. The number of hydrogen-bond donors (Lipinski definition) is 3. The minimum absolute atomic E-state index is 0.0592. The van der Waals surface area contributed by atoms with Crippen LogP contribution in [0.2, 0.25) is 0 Å². The van der Waals surface area contributed by atoms with E-state index in [9.17, 15) is 14.3 Å². The molecular weight excluding hydrogens is 245 g/mol. The maximum Gasteiger partial charge on any atom is 0.351 e. The molecule has 0 amide bonds. The van der Waals surface area contributed by atoms with E-state index in [-0.39, 0.29) is 5.82 Å². The second kappa shape index (κ2) is 4.63. The molecule has 4 N–H and O–H groups in total. The number of nitrogen functional groups attached to an aromatic ring is 1. The Hall–Kier alpha value is -1.51. The lowest BCUT2D eigenvalue weighted by Gasteiger charge is -2.16. The molecule has 7 nitrogen and oxygen atoms in total. The van der Waals surface area contributed by atoms with Crippen LogP contribution in [0.3, 0.4) is 0 Å². The van der Waals surface area contributed by atoms with Gasteiger partial charge in [-0.2, -0.15) is 4.98 Å². The first-order valence-corrected chi connectivity index (χ1v) is 5.39. The van der Waals surface area contributed by atoms with Gasteiger partial charge in [-0.15, -0.1) is 0 Å². The van der Waals surface area contributed by atoms with Crippen molar-refractivity contribution >= 4 is 5.82 Å². The molecule has 1 saturated heterocycles. The molecule has 0 aliphatic carbocycles. The summed E-state index contributed by atoms with van der Waals surface area (Å²) in [4.78, 5) is 15.1. The number of alkyl halides is 1. The molecule has 4 atom stereocenters. The first kappa shape index (κ1) is 12.9. The van der Waals surface area contributed by atoms with Crippen LogP contribution >= 0.6 is 0 Å². The van der Waals surface area contributed by atoms with Crippen LogP contribution in [0.15, 0.2) is 11.0 Å². The number of ether oxygens (including phenoxy) is 1. The molecule has 0 unspecified atom stereocenters. The highest BCUT2D eigenvalue weighted by molar-refractivity contribution is 5.35. The van der Waals surface area contributed by atoms with Gasteiger partial charge in [0.2, 0.25) is 0 Å². The molecule has 100 valence electrons. The average Bonchev–Trinajstić information content (AvgIpc) is 2.61. The number of aliphatic hydroxyl groups is 2. The van der Waals surface area contributed by atoms with Gasteiger partial charge in [0.1, 0.15) is 18.0 Å². The van der Waals surface area contributed by atoms with E-state index in [2.05, 4.69) is 4.98 Å². The van der Waals surface area contributed by atoms with Crippen LogP contribution in [0.25, 0.3) is 0 Å². The number of hydrogen-bond acceptors (Lipinski definition) is 6. The lowest BCUT2D eigenvalue weighted by atomic mass is 10.1. The average molecular weight is 259 g/mol. The molecule has 0 saturated carbocycles. The lowest BCUT2D eigenvalue weighted by Crippen LogP contribution is -2.34. The molecular formula is C10H14FN3O4. The summed E-state index contributed by atoms with van der Waals surface area (Å²) in [5, 5.41) is 18.4. The maximum atomic E-state index is 13.8. The summed E-state index contributed by atoms with van der Waals surface area (Å²) in [6, 6.07) is 0. The summed E-state index contributed by atoms with van der Waals surface area (Å²) in [5.41, 5.74) is 5.18. The number of aliphatic hydroxyl groups excluding tert-OH is 2. The van der Waals surface area contributed by atoms with Crippen molar-refractivity contribution in [2.45, 2.75) is 31.5 Å². The molecule has 1 aromatic rings. The highest BCUT2D eigenvalue weighted by Crippen LogP contribution is 2.30. The zero-order chi connectivity index (χ0) is 13.4. The first-order chi connectivity index (χ1) is 8.45. The first-order valence-electron chi connectivity index (χ1n) is 5.39. The van der Waals surface area contributed by atoms with Gasteiger partial charge in [-0.1, -0.05) is 0 Å². The Kier molecular flexibility index (Phi) is 3.33. The van der Waals surface area contributed by atoms with Gasteiger partial charge in [0.05, 0.1) is 6.61 Å². The third-order valence-electron chi connectivity index (χ3n) is 2.92. The number of aromatic nitrogens is 2. The summed E-state index contributed by atoms with van der Waals surface area (Å²) in [6.07, 6.45) is -4.35. The predicted octanol–water partition coefficient (Wildman–Crippen LogP) is -1.28. The molecule has 0 radical (unpaired) electrons. The van der Waals surface area contributed by atoms with E-state index in [1.807, 2.05) is 0 Å². The van der Waals surface area contributed by atoms with Crippen molar-refractivity contribution in [3.63, 3.8) is 0 Å². The third kappa shape index (κ3) is 1.98. The summed E-state index contributed by atoms with van der Waals surface area (Å²) >= 11 is 0. The van der Waals surface area contributed by atoms with Crippen molar-refractivity contribution in [2.24, 2.45) is 0 Å². The van der Waals surface area contributed by atoms with Crippen LogP contribution in [0.1, 0.15) is 11.8 Å². The van der Waals surface area contributed by atoms with Crippen LogP contribution in [0.4, 0.5) is 10.2 Å². The second-order valence-electron chi connectivity index (χ2n) is 4.18. The SMILES string of the molecule is Cc1cn([C@H]2O[C@H](CO)[C@@H](O)[C@@H]2F)c(=O)nc1N. The molecule has 0 aromatic carbocycles. The van der Waals surface area contributed by atoms with Crippen LogP contribution in [0.5, 0.6) is 0 Å². The Bertz CT molecular complexity index is 506. The van der Waals surface area contributed by atoms with Crippen molar-refractivity contribution in [3.8, 4) is 0 Å². The molecule has 18 heavy (non-hydrogen) atoms. The molecule has 0 spiro atoms. The van der Waals surface area contributed by atoms with Crippen LogP contribution in [-0.4, -0.2) is 44.8 Å². The van der Waals surface area contributed by atoms with E-state index in [0.29, 0.717) is 5.56 Å². The van der Waals surface area contributed by atoms with E-state index in [0.717, 1.165) is 4.57 Å². The number of nitrogens with two attached hydrogens (primary N) is 1. The fourth-order valence-electron chi connectivity index (χ4n) is 1.84. The molecule has 2 rings (SSSR count). The number of halogens is 1. The number of nitrogens with zero attached hydrogens (tertiary/aromatic N) is 2. The standard InChI is InChI=1S/C10H14FN3O4/c1-4-2-14(10(17)13-8(4)12)9-6(11)7(16)5(3-15)18-9/h2,5-7,9,15-16H,3H2,1H3,(H2,12,13,17)/t5-,6+,7-,9+/m1/s1. The Morgan fingerprint density at radius 1 is 1.67 bits per heavy atom. The second-order valence-corrected chi connectivity index (χ2v) is 4.18. The van der Waals surface area contributed by atoms with Crippen LogP contribution in [0, 0.1) is 6.92 Å². The Labute approximate surface area is 102 Å². The van der Waals surface area contributed by atoms with Gasteiger partial charge in [0.15, 0.2) is 12.4 Å². The van der Waals surface area contributed by atoms with Crippen molar-refractivity contribution in [2.75, 3.05) is 12.3 Å². The van der Waals surface area contributed by atoms with Crippen molar-refractivity contribution in [3.05, 3.63) is 22.2 Å². The number of aryl methyl sites for hydroxylation is 1. The van der Waals surface area contributed by atoms with Gasteiger partial charge in [-0.3, -0.25) is 4.57 Å². The molecule has 8 heteroatoms. The van der Waals surface area contributed by atoms with Gasteiger partial charge in [0.25, 0.3) is 0 Å². The van der Waals surface area contributed by atoms with E-state index in [1.54, 1.807) is 6.92 Å². The van der Waals surface area contributed by atoms with E-state index in [1.165, 1.54) is 6.20 Å². The molecule has 1 aliphatic rings. The molecule has 1 fully saturated rings. The van der Waals surface area contributed by atoms with E-state index < -0.39 is 36.9 Å². The number of anilines is 1. The summed E-state index contributed by atoms with van der Waals surface area (Å²) in [7, 11) is 0. The topological polar surface area (TPSA) is 111 Å². The smallest absolute Gasteiger partial charge is 0.351 e. The van der Waals surface area contributed by atoms with Gasteiger partial charge in [-0.05, 0) is 6.92 Å². The van der Waals surface area contributed by atoms with Gasteiger partial charge < -0.3 is 20.7 Å². The van der Waals surface area contributed by atoms with Crippen molar-refractivity contribution in [1.82, 2.24) is 9.55 Å². The van der Waals surface area contributed by atoms with E-state index >= 15 is 0 Å². The third-order valence-corrected chi connectivity index (χ3v) is 2.92. The zero-order valence-electron chi connectivity index (χ0n) is 9.65. The fourth-order valence-corrected chi connectivity index (χ4v) is 1.84. The summed E-state index contributed by atoms with van der Waals surface area (Å²) in [5.74, 6) is 0.0592. The molecule has 1 aliphatic heterocycles. The molecule has 1 aromatic heterocycles. The maximum absolute atomic E-state index is 13.8. The summed E-state index contributed by atoms with van der Waals surface area (Å²) in [6.45, 7) is 1.08. The highest BCUT2D eigenvalue weighted by atomic mass is 19.1. The number of rotatable bonds is 2. The predicted molar refractivity (Wildman–Crippen MR) is 59.5 cm³/mol. The zero-order valence-corrected chi connectivity index (χ0v) is 9.65. The largest absolute Gasteiger partial charge is 0.394 e. The van der Waals surface area contributed by atoms with Gasteiger partial charge in [0, 0.05) is 11.8 Å². The van der Waals surface area contributed by atoms with Gasteiger partial charge in [-0.25, -0.2) is 9.18 Å². The highest BCUT2D eigenvalue weighted by Gasteiger charge is 2.45. The normalized spacial score (nSPS) is 31.8. The molecule has 2 heterocycles. The van der Waals surface area contributed by atoms with Crippen molar-refractivity contribution in [1.29, 1.82) is 0 Å². The lowest BCUT2D eigenvalue weighted by molar-refractivity contribution is -0.0491. The van der Waals surface area contributed by atoms with Crippen LogP contribution in [-0.2, 0) is 4.74 Å². The van der Waals surface area contributed by atoms with Crippen molar-refractivity contribution < 1.29 is 19.3 Å². The quantitative estimate of drug-likeness (QED) is 0.610. The summed E-state index contributed by atoms with van der Waals surface area (Å²) < 4.78 is 19.8. The Balaban J connectivity index is 2.39. The van der Waals surface area contributed by atoms with Crippen LogP contribution < -0.4 is 11.4 Å². The Morgan fingerprint density at radius 2 is 2.33 bits per heavy atom. The Morgan fingerprint density at radius 3 is 2.89 bits per heavy atom. The minimum Gasteiger partial charge on any atom is -0.394 e. The monoisotopic (exact) mass is 259 g/mol. The van der Waals surface area contributed by atoms with Gasteiger partial charge >= 0.3 is 5.69 Å².